The third-order valence-corrected chi connectivity index (χ3v) is 8.23. The number of piperazine rings is 1. The average Bonchev–Trinajstić information content (AvgIpc) is 2.74. The second-order valence-corrected chi connectivity index (χ2v) is 10.4. The number of hydrogen-bond acceptors (Lipinski definition) is 5. The molecule has 10 heteroatoms. The largest absolute Gasteiger partial charge is 0.336 e. The fourth-order valence-electron chi connectivity index (χ4n) is 3.41. The number of nitrogens with one attached hydrogen (secondary N) is 1. The zero-order chi connectivity index (χ0) is 21.5. The Bertz CT molecular complexity index is 1100. The van der Waals surface area contributed by atoms with Gasteiger partial charge in [0.2, 0.25) is 15.9 Å². The third kappa shape index (κ3) is 3.94. The standard InChI is InChI=1S/C20H20FN3O4S2/c1-13-19(25)22-17-12-14(2-7-18(17)29-13)20(26)23-8-10-24(11-9-23)30(27,28)16-5-3-15(21)4-6-16/h2-7,12-13H,8-11H2,1H3,(H,22,25)/t13-/m0/s1. The van der Waals surface area contributed by atoms with Crippen LogP contribution in [0.25, 0.3) is 0 Å². The zero-order valence-electron chi connectivity index (χ0n) is 16.2. The van der Waals surface area contributed by atoms with Crippen LogP contribution in [0.3, 0.4) is 0 Å². The molecule has 30 heavy (non-hydrogen) atoms. The molecule has 1 fully saturated rings. The smallest absolute Gasteiger partial charge is 0.254 e. The molecular formula is C20H20FN3O4S2. The average molecular weight is 450 g/mol. The highest BCUT2D eigenvalue weighted by Crippen LogP contribution is 2.36. The van der Waals surface area contributed by atoms with E-state index in [0.29, 0.717) is 11.3 Å². The van der Waals surface area contributed by atoms with Gasteiger partial charge in [0, 0.05) is 36.6 Å². The maximum atomic E-state index is 13.1. The van der Waals surface area contributed by atoms with Crippen molar-refractivity contribution in [2.24, 2.45) is 0 Å². The van der Waals surface area contributed by atoms with Crippen LogP contribution in [0.15, 0.2) is 52.3 Å². The van der Waals surface area contributed by atoms with Crippen LogP contribution in [0.2, 0.25) is 0 Å². The maximum Gasteiger partial charge on any atom is 0.254 e. The van der Waals surface area contributed by atoms with Crippen LogP contribution in [0, 0.1) is 5.82 Å². The van der Waals surface area contributed by atoms with Crippen molar-refractivity contribution in [2.45, 2.75) is 22.0 Å². The number of nitrogens with zero attached hydrogens (tertiary/aromatic N) is 2. The number of thioether (sulfide) groups is 1. The predicted octanol–water partition coefficient (Wildman–Crippen LogP) is 2.41. The van der Waals surface area contributed by atoms with E-state index in [4.69, 9.17) is 0 Å². The van der Waals surface area contributed by atoms with Gasteiger partial charge in [-0.25, -0.2) is 12.8 Å². The molecule has 1 saturated heterocycles. The minimum atomic E-state index is -3.74. The van der Waals surface area contributed by atoms with Crippen molar-refractivity contribution in [3.05, 3.63) is 53.8 Å². The Kier molecular flexibility index (Phi) is 5.56. The van der Waals surface area contributed by atoms with Crippen molar-refractivity contribution < 1.29 is 22.4 Å². The van der Waals surface area contributed by atoms with Crippen molar-refractivity contribution >= 4 is 39.3 Å². The number of halogens is 1. The molecular weight excluding hydrogens is 429 g/mol. The van der Waals surface area contributed by atoms with Gasteiger partial charge in [0.1, 0.15) is 5.82 Å². The quantitative estimate of drug-likeness (QED) is 0.778. The minimum absolute atomic E-state index is 0.0285. The van der Waals surface area contributed by atoms with Crippen LogP contribution in [0.1, 0.15) is 17.3 Å². The summed E-state index contributed by atoms with van der Waals surface area (Å²) in [4.78, 5) is 27.3. The van der Waals surface area contributed by atoms with Crippen molar-refractivity contribution in [3.8, 4) is 0 Å². The van der Waals surface area contributed by atoms with E-state index >= 15 is 0 Å². The lowest BCUT2D eigenvalue weighted by Gasteiger charge is -2.34. The van der Waals surface area contributed by atoms with Crippen LogP contribution < -0.4 is 5.32 Å². The van der Waals surface area contributed by atoms with Gasteiger partial charge in [-0.05, 0) is 49.4 Å². The molecule has 1 N–H and O–H groups in total. The number of anilines is 1. The van der Waals surface area contributed by atoms with Crippen LogP contribution in [-0.4, -0.2) is 60.9 Å². The van der Waals surface area contributed by atoms with Gasteiger partial charge in [-0.2, -0.15) is 4.31 Å². The van der Waals surface area contributed by atoms with E-state index in [9.17, 15) is 22.4 Å². The first kappa shape index (κ1) is 20.8. The molecule has 2 aromatic carbocycles. The minimum Gasteiger partial charge on any atom is -0.336 e. The molecule has 0 unspecified atom stereocenters. The summed E-state index contributed by atoms with van der Waals surface area (Å²) in [6.45, 7) is 2.62. The van der Waals surface area contributed by atoms with Gasteiger partial charge >= 0.3 is 0 Å². The Hall–Kier alpha value is -2.43. The second-order valence-electron chi connectivity index (χ2n) is 7.11. The van der Waals surface area contributed by atoms with Crippen molar-refractivity contribution in [1.29, 1.82) is 0 Å². The number of rotatable bonds is 3. The first-order valence-electron chi connectivity index (χ1n) is 9.42. The van der Waals surface area contributed by atoms with Crippen LogP contribution in [0.5, 0.6) is 0 Å². The first-order valence-corrected chi connectivity index (χ1v) is 11.7. The van der Waals surface area contributed by atoms with Crippen LogP contribution in [-0.2, 0) is 14.8 Å². The molecule has 0 radical (unpaired) electrons. The first-order chi connectivity index (χ1) is 14.3. The molecule has 4 rings (SSSR count). The monoisotopic (exact) mass is 449 g/mol. The summed E-state index contributed by atoms with van der Waals surface area (Å²) >= 11 is 1.44. The van der Waals surface area contributed by atoms with E-state index in [-0.39, 0.29) is 48.1 Å². The Balaban J connectivity index is 1.44. The van der Waals surface area contributed by atoms with E-state index in [2.05, 4.69) is 5.32 Å². The fraction of sp³-hybridized carbons (Fsp3) is 0.300. The third-order valence-electron chi connectivity index (χ3n) is 5.13. The van der Waals surface area contributed by atoms with E-state index in [1.807, 2.05) is 13.0 Å². The maximum absolute atomic E-state index is 13.1. The molecule has 2 aliphatic heterocycles. The number of benzene rings is 2. The van der Waals surface area contributed by atoms with Gasteiger partial charge in [0.15, 0.2) is 0 Å². The SMILES string of the molecule is C[C@@H]1Sc2ccc(C(=O)N3CCN(S(=O)(=O)c4ccc(F)cc4)CC3)cc2NC1=O. The Morgan fingerprint density at radius 1 is 1.10 bits per heavy atom. The second kappa shape index (κ2) is 8.01. The van der Waals surface area contributed by atoms with Gasteiger partial charge < -0.3 is 10.2 Å². The zero-order valence-corrected chi connectivity index (χ0v) is 17.8. The summed E-state index contributed by atoms with van der Waals surface area (Å²) in [7, 11) is -3.74. The number of sulfonamides is 1. The van der Waals surface area contributed by atoms with Gasteiger partial charge in [-0.15, -0.1) is 11.8 Å². The highest BCUT2D eigenvalue weighted by molar-refractivity contribution is 8.01. The molecule has 0 spiro atoms. The topological polar surface area (TPSA) is 86.8 Å². The molecule has 2 aliphatic rings. The molecule has 2 amide bonds. The molecule has 0 aromatic heterocycles. The van der Waals surface area contributed by atoms with E-state index in [1.165, 1.54) is 28.2 Å². The molecule has 1 atom stereocenters. The molecule has 2 aromatic rings. The Morgan fingerprint density at radius 3 is 2.43 bits per heavy atom. The summed E-state index contributed by atoms with van der Waals surface area (Å²) in [5.41, 5.74) is 1.06. The van der Waals surface area contributed by atoms with Crippen molar-refractivity contribution in [1.82, 2.24) is 9.21 Å². The molecule has 7 nitrogen and oxygen atoms in total. The van der Waals surface area contributed by atoms with Crippen LogP contribution >= 0.6 is 11.8 Å². The van der Waals surface area contributed by atoms with E-state index < -0.39 is 15.8 Å². The Morgan fingerprint density at radius 2 is 1.77 bits per heavy atom. The summed E-state index contributed by atoms with van der Waals surface area (Å²) in [6.07, 6.45) is 0. The number of amides is 2. The summed E-state index contributed by atoms with van der Waals surface area (Å²) < 4.78 is 39.8. The lowest BCUT2D eigenvalue weighted by Crippen LogP contribution is -2.50. The highest BCUT2D eigenvalue weighted by Gasteiger charge is 2.31. The molecule has 158 valence electrons. The van der Waals surface area contributed by atoms with Gasteiger partial charge in [0.25, 0.3) is 5.91 Å². The lowest BCUT2D eigenvalue weighted by molar-refractivity contribution is -0.115. The fourth-order valence-corrected chi connectivity index (χ4v) is 5.76. The van der Waals surface area contributed by atoms with E-state index in [0.717, 1.165) is 17.0 Å². The number of fused-ring (bicyclic) bond motifs is 1. The molecule has 2 heterocycles. The van der Waals surface area contributed by atoms with Gasteiger partial charge in [-0.1, -0.05) is 0 Å². The summed E-state index contributed by atoms with van der Waals surface area (Å²) in [5.74, 6) is -0.815. The lowest BCUT2D eigenvalue weighted by atomic mass is 10.1. The highest BCUT2D eigenvalue weighted by atomic mass is 32.2. The van der Waals surface area contributed by atoms with Crippen LogP contribution in [0.4, 0.5) is 10.1 Å². The van der Waals surface area contributed by atoms with Gasteiger partial charge in [-0.3, -0.25) is 9.59 Å². The molecule has 0 aliphatic carbocycles. The Labute approximate surface area is 178 Å². The molecule has 0 saturated carbocycles. The number of carbonyl (C=O) groups excluding carboxylic acids is 2. The van der Waals surface area contributed by atoms with E-state index in [1.54, 1.807) is 17.0 Å². The predicted molar refractivity (Wildman–Crippen MR) is 111 cm³/mol. The summed E-state index contributed by atoms with van der Waals surface area (Å²) in [5, 5.41) is 2.63. The van der Waals surface area contributed by atoms with Crippen molar-refractivity contribution in [2.75, 3.05) is 31.5 Å². The molecule has 0 bridgehead atoms. The summed E-state index contributed by atoms with van der Waals surface area (Å²) in [6, 6.07) is 9.90. The normalized spacial score (nSPS) is 19.9. The van der Waals surface area contributed by atoms with Crippen molar-refractivity contribution in [3.63, 3.8) is 0 Å². The number of carbonyl (C=O) groups is 2. The number of hydrogen-bond donors (Lipinski definition) is 1. The van der Waals surface area contributed by atoms with Gasteiger partial charge in [0.05, 0.1) is 15.8 Å².